The average molecular weight is 181 g/mol. The Hall–Kier alpha value is -1.38. The molecule has 0 radical (unpaired) electrons. The van der Waals surface area contributed by atoms with Crippen LogP contribution in [-0.4, -0.2) is 5.78 Å². The van der Waals surface area contributed by atoms with Gasteiger partial charge in [0.2, 0.25) is 0 Å². The molecule has 0 aliphatic carbocycles. The predicted molar refractivity (Wildman–Crippen MR) is 50.0 cm³/mol. The first-order valence-electron chi connectivity index (χ1n) is 4.11. The highest BCUT2D eigenvalue weighted by Gasteiger charge is 2.13. The molecule has 0 aliphatic rings. The van der Waals surface area contributed by atoms with Crippen molar-refractivity contribution in [1.82, 2.24) is 0 Å². The molecule has 0 saturated heterocycles. The molecule has 70 valence electrons. The first-order chi connectivity index (χ1) is 6.02. The lowest BCUT2D eigenvalue weighted by molar-refractivity contribution is 0.0940. The molecule has 0 heterocycles. The van der Waals surface area contributed by atoms with E-state index in [9.17, 15) is 9.18 Å². The fraction of sp³-hybridized carbons (Fsp3) is 0.300. The standard InChI is InChI=1S/C10H12FNO/c1-6(2)10(13)8-4-3-7(11)5-9(8)12/h3-6H,12H2,1-2H3. The van der Waals surface area contributed by atoms with Crippen LogP contribution < -0.4 is 5.73 Å². The topological polar surface area (TPSA) is 43.1 Å². The zero-order valence-corrected chi connectivity index (χ0v) is 7.67. The molecule has 1 rings (SSSR count). The van der Waals surface area contributed by atoms with E-state index in [0.29, 0.717) is 5.56 Å². The first kappa shape index (κ1) is 9.71. The van der Waals surface area contributed by atoms with Crippen LogP contribution in [0.25, 0.3) is 0 Å². The van der Waals surface area contributed by atoms with Crippen LogP contribution in [0.2, 0.25) is 0 Å². The number of Topliss-reactive ketones (excluding diaryl/α,β-unsaturated/α-hetero) is 1. The first-order valence-corrected chi connectivity index (χ1v) is 4.11. The Kier molecular flexibility index (Phi) is 2.66. The molecule has 0 spiro atoms. The van der Waals surface area contributed by atoms with Gasteiger partial charge in [0, 0.05) is 17.2 Å². The fourth-order valence-electron chi connectivity index (χ4n) is 1.07. The largest absolute Gasteiger partial charge is 0.398 e. The molecule has 0 saturated carbocycles. The molecular weight excluding hydrogens is 169 g/mol. The number of hydrogen-bond donors (Lipinski definition) is 1. The second kappa shape index (κ2) is 3.56. The van der Waals surface area contributed by atoms with E-state index >= 15 is 0 Å². The van der Waals surface area contributed by atoms with Crippen molar-refractivity contribution in [2.45, 2.75) is 13.8 Å². The zero-order chi connectivity index (χ0) is 10.0. The van der Waals surface area contributed by atoms with E-state index < -0.39 is 5.82 Å². The number of anilines is 1. The molecule has 0 aromatic heterocycles. The minimum absolute atomic E-state index is 0.0579. The summed E-state index contributed by atoms with van der Waals surface area (Å²) in [4.78, 5) is 11.5. The second-order valence-corrected chi connectivity index (χ2v) is 3.25. The van der Waals surface area contributed by atoms with Gasteiger partial charge in [-0.2, -0.15) is 0 Å². The Morgan fingerprint density at radius 1 is 1.46 bits per heavy atom. The number of benzene rings is 1. The molecule has 3 heteroatoms. The second-order valence-electron chi connectivity index (χ2n) is 3.25. The summed E-state index contributed by atoms with van der Waals surface area (Å²) in [6.07, 6.45) is 0. The smallest absolute Gasteiger partial charge is 0.167 e. The van der Waals surface area contributed by atoms with E-state index in [1.54, 1.807) is 13.8 Å². The maximum Gasteiger partial charge on any atom is 0.167 e. The average Bonchev–Trinajstić information content (AvgIpc) is 2.03. The number of ketones is 1. The number of hydrogen-bond acceptors (Lipinski definition) is 2. The summed E-state index contributed by atoms with van der Waals surface area (Å²) >= 11 is 0. The molecule has 1 aromatic carbocycles. The Bertz CT molecular complexity index is 334. The molecular formula is C10H12FNO. The maximum absolute atomic E-state index is 12.6. The van der Waals surface area contributed by atoms with Gasteiger partial charge in [0.15, 0.2) is 5.78 Å². The minimum atomic E-state index is -0.419. The number of halogens is 1. The van der Waals surface area contributed by atoms with Crippen LogP contribution in [0.1, 0.15) is 24.2 Å². The molecule has 2 nitrogen and oxygen atoms in total. The monoisotopic (exact) mass is 181 g/mol. The summed E-state index contributed by atoms with van der Waals surface area (Å²) in [5.41, 5.74) is 6.11. The number of nitrogens with two attached hydrogens (primary N) is 1. The highest BCUT2D eigenvalue weighted by atomic mass is 19.1. The third kappa shape index (κ3) is 2.05. The van der Waals surface area contributed by atoms with Gasteiger partial charge >= 0.3 is 0 Å². The summed E-state index contributed by atoms with van der Waals surface area (Å²) in [6, 6.07) is 3.83. The Morgan fingerprint density at radius 2 is 2.08 bits per heavy atom. The molecule has 0 bridgehead atoms. The van der Waals surface area contributed by atoms with E-state index in [4.69, 9.17) is 5.73 Å². The van der Waals surface area contributed by atoms with Gasteiger partial charge in [0.05, 0.1) is 0 Å². The molecule has 0 atom stereocenters. The van der Waals surface area contributed by atoms with Crippen molar-refractivity contribution in [1.29, 1.82) is 0 Å². The van der Waals surface area contributed by atoms with Crippen LogP contribution in [0.5, 0.6) is 0 Å². The van der Waals surface area contributed by atoms with Crippen LogP contribution in [0.3, 0.4) is 0 Å². The van der Waals surface area contributed by atoms with E-state index in [2.05, 4.69) is 0 Å². The Labute approximate surface area is 76.6 Å². The number of carbonyl (C=O) groups excluding carboxylic acids is 1. The van der Waals surface area contributed by atoms with Gasteiger partial charge in [-0.05, 0) is 18.2 Å². The molecule has 0 fully saturated rings. The number of nitrogen functional groups attached to an aromatic ring is 1. The molecule has 0 aliphatic heterocycles. The minimum Gasteiger partial charge on any atom is -0.398 e. The van der Waals surface area contributed by atoms with E-state index in [1.807, 2.05) is 0 Å². The maximum atomic E-state index is 12.6. The van der Waals surface area contributed by atoms with Crippen LogP contribution in [-0.2, 0) is 0 Å². The van der Waals surface area contributed by atoms with Crippen LogP contribution in [0.4, 0.5) is 10.1 Å². The third-order valence-electron chi connectivity index (χ3n) is 1.80. The Balaban J connectivity index is 3.09. The van der Waals surface area contributed by atoms with E-state index in [-0.39, 0.29) is 17.4 Å². The summed E-state index contributed by atoms with van der Waals surface area (Å²) < 4.78 is 12.6. The number of rotatable bonds is 2. The van der Waals surface area contributed by atoms with Gasteiger partial charge in [0.25, 0.3) is 0 Å². The number of carbonyl (C=O) groups is 1. The van der Waals surface area contributed by atoms with Crippen molar-refractivity contribution < 1.29 is 9.18 Å². The summed E-state index contributed by atoms with van der Waals surface area (Å²) in [5, 5.41) is 0. The molecule has 13 heavy (non-hydrogen) atoms. The molecule has 1 aromatic rings. The SMILES string of the molecule is CC(C)C(=O)c1ccc(F)cc1N. The molecule has 2 N–H and O–H groups in total. The van der Waals surface area contributed by atoms with E-state index in [0.717, 1.165) is 6.07 Å². The zero-order valence-electron chi connectivity index (χ0n) is 7.67. The van der Waals surface area contributed by atoms with Crippen molar-refractivity contribution in [3.8, 4) is 0 Å². The van der Waals surface area contributed by atoms with Gasteiger partial charge < -0.3 is 5.73 Å². The van der Waals surface area contributed by atoms with Crippen molar-refractivity contribution in [3.63, 3.8) is 0 Å². The summed E-state index contributed by atoms with van der Waals surface area (Å²) in [7, 11) is 0. The van der Waals surface area contributed by atoms with E-state index in [1.165, 1.54) is 12.1 Å². The van der Waals surface area contributed by atoms with Crippen molar-refractivity contribution in [3.05, 3.63) is 29.6 Å². The molecule has 0 amide bonds. The molecule has 0 unspecified atom stereocenters. The lowest BCUT2D eigenvalue weighted by Crippen LogP contribution is -2.10. The van der Waals surface area contributed by atoms with Gasteiger partial charge in [-0.15, -0.1) is 0 Å². The van der Waals surface area contributed by atoms with Crippen LogP contribution in [0, 0.1) is 11.7 Å². The highest BCUT2D eigenvalue weighted by Crippen LogP contribution is 2.17. The lowest BCUT2D eigenvalue weighted by atomic mass is 10.00. The summed E-state index contributed by atoms with van der Waals surface area (Å²) in [6.45, 7) is 3.57. The van der Waals surface area contributed by atoms with Crippen LogP contribution >= 0.6 is 0 Å². The lowest BCUT2D eigenvalue weighted by Gasteiger charge is -2.06. The fourth-order valence-corrected chi connectivity index (χ4v) is 1.07. The van der Waals surface area contributed by atoms with Crippen molar-refractivity contribution in [2.24, 2.45) is 5.92 Å². The normalized spacial score (nSPS) is 10.5. The predicted octanol–water partition coefficient (Wildman–Crippen LogP) is 2.25. The Morgan fingerprint density at radius 3 is 2.54 bits per heavy atom. The van der Waals surface area contributed by atoms with Gasteiger partial charge in [-0.25, -0.2) is 4.39 Å². The quantitative estimate of drug-likeness (QED) is 0.561. The van der Waals surface area contributed by atoms with Gasteiger partial charge in [-0.1, -0.05) is 13.8 Å². The summed E-state index contributed by atoms with van der Waals surface area (Å²) in [5.74, 6) is -0.594. The van der Waals surface area contributed by atoms with Crippen molar-refractivity contribution >= 4 is 11.5 Å². The van der Waals surface area contributed by atoms with Crippen LogP contribution in [0.15, 0.2) is 18.2 Å². The third-order valence-corrected chi connectivity index (χ3v) is 1.80. The van der Waals surface area contributed by atoms with Gasteiger partial charge in [0.1, 0.15) is 5.82 Å². The van der Waals surface area contributed by atoms with Gasteiger partial charge in [-0.3, -0.25) is 4.79 Å². The highest BCUT2D eigenvalue weighted by molar-refractivity contribution is 6.01. The van der Waals surface area contributed by atoms with Crippen molar-refractivity contribution in [2.75, 3.05) is 5.73 Å².